The van der Waals surface area contributed by atoms with E-state index in [4.69, 9.17) is 23.2 Å². The molecule has 1 amide bonds. The Morgan fingerprint density at radius 1 is 1.04 bits per heavy atom. The Bertz CT molecular complexity index is 924. The average molecular weight is 386 g/mol. The van der Waals surface area contributed by atoms with Gasteiger partial charge in [-0.1, -0.05) is 59.1 Å². The van der Waals surface area contributed by atoms with Crippen LogP contribution in [0.25, 0.3) is 0 Å². The number of pyridine rings is 1. The van der Waals surface area contributed by atoms with E-state index in [2.05, 4.69) is 34.7 Å². The SMILES string of the molecule is Cc1cccc(CNc2cncc(C(=O)Nc3c(Cl)cccc3Cl)c2)c1. The molecule has 0 saturated heterocycles. The number of nitrogens with zero attached hydrogens (tertiary/aromatic N) is 1. The summed E-state index contributed by atoms with van der Waals surface area (Å²) in [5.41, 5.74) is 3.91. The highest BCUT2D eigenvalue weighted by Gasteiger charge is 2.12. The normalized spacial score (nSPS) is 10.4. The van der Waals surface area contributed by atoms with Crippen LogP contribution < -0.4 is 10.6 Å². The van der Waals surface area contributed by atoms with Crippen molar-refractivity contribution in [2.75, 3.05) is 10.6 Å². The molecule has 1 aromatic heterocycles. The summed E-state index contributed by atoms with van der Waals surface area (Å²) in [4.78, 5) is 16.6. The molecule has 1 heterocycles. The summed E-state index contributed by atoms with van der Waals surface area (Å²) in [5, 5.41) is 6.77. The summed E-state index contributed by atoms with van der Waals surface area (Å²) in [6.07, 6.45) is 3.17. The first-order valence-corrected chi connectivity index (χ1v) is 8.78. The Morgan fingerprint density at radius 2 is 1.77 bits per heavy atom. The molecule has 2 aromatic carbocycles. The first kappa shape index (κ1) is 18.2. The van der Waals surface area contributed by atoms with Crippen molar-refractivity contribution in [3.05, 3.63) is 87.7 Å². The van der Waals surface area contributed by atoms with Crippen LogP contribution in [0.5, 0.6) is 0 Å². The molecule has 0 saturated carbocycles. The number of hydrogen-bond acceptors (Lipinski definition) is 3. The van der Waals surface area contributed by atoms with Gasteiger partial charge in [-0.25, -0.2) is 0 Å². The molecule has 0 radical (unpaired) electrons. The Hall–Kier alpha value is -2.56. The van der Waals surface area contributed by atoms with E-state index < -0.39 is 0 Å². The molecular formula is C20H17Cl2N3O. The van der Waals surface area contributed by atoms with Crippen LogP contribution in [0.1, 0.15) is 21.5 Å². The zero-order chi connectivity index (χ0) is 18.5. The Kier molecular flexibility index (Phi) is 5.76. The number of halogens is 2. The Labute approximate surface area is 162 Å². The summed E-state index contributed by atoms with van der Waals surface area (Å²) in [7, 11) is 0. The monoisotopic (exact) mass is 385 g/mol. The van der Waals surface area contributed by atoms with E-state index >= 15 is 0 Å². The number of rotatable bonds is 5. The Morgan fingerprint density at radius 3 is 2.50 bits per heavy atom. The van der Waals surface area contributed by atoms with Gasteiger partial charge in [0.2, 0.25) is 0 Å². The van der Waals surface area contributed by atoms with Gasteiger partial charge in [0.25, 0.3) is 5.91 Å². The maximum absolute atomic E-state index is 12.5. The molecular weight excluding hydrogens is 369 g/mol. The number of nitrogens with one attached hydrogen (secondary N) is 2. The third kappa shape index (κ3) is 4.54. The molecule has 4 nitrogen and oxygen atoms in total. The molecule has 3 rings (SSSR count). The van der Waals surface area contributed by atoms with E-state index in [-0.39, 0.29) is 5.91 Å². The van der Waals surface area contributed by atoms with E-state index in [0.29, 0.717) is 27.8 Å². The maximum Gasteiger partial charge on any atom is 0.257 e. The maximum atomic E-state index is 12.5. The van der Waals surface area contributed by atoms with E-state index in [9.17, 15) is 4.79 Å². The average Bonchev–Trinajstić information content (AvgIpc) is 2.63. The summed E-state index contributed by atoms with van der Waals surface area (Å²) < 4.78 is 0. The fraction of sp³-hybridized carbons (Fsp3) is 0.100. The van der Waals surface area contributed by atoms with Gasteiger partial charge in [0.05, 0.1) is 27.0 Å². The lowest BCUT2D eigenvalue weighted by atomic mass is 10.1. The van der Waals surface area contributed by atoms with Gasteiger partial charge in [0, 0.05) is 18.9 Å². The molecule has 0 aliphatic carbocycles. The number of hydrogen-bond donors (Lipinski definition) is 2. The molecule has 0 fully saturated rings. The lowest BCUT2D eigenvalue weighted by Gasteiger charge is -2.11. The molecule has 0 aliphatic heterocycles. The minimum atomic E-state index is -0.327. The second-order valence-corrected chi connectivity index (χ2v) is 6.67. The molecule has 0 aliphatic rings. The number of carbonyl (C=O) groups is 1. The van der Waals surface area contributed by atoms with Crippen molar-refractivity contribution in [2.45, 2.75) is 13.5 Å². The van der Waals surface area contributed by atoms with Gasteiger partial charge < -0.3 is 10.6 Å². The molecule has 6 heteroatoms. The molecule has 0 unspecified atom stereocenters. The topological polar surface area (TPSA) is 54.0 Å². The van der Waals surface area contributed by atoms with Gasteiger partial charge in [-0.3, -0.25) is 9.78 Å². The number of aryl methyl sites for hydroxylation is 1. The molecule has 3 aromatic rings. The number of aromatic nitrogens is 1. The van der Waals surface area contributed by atoms with Gasteiger partial charge in [-0.15, -0.1) is 0 Å². The van der Waals surface area contributed by atoms with Gasteiger partial charge in [0.15, 0.2) is 0 Å². The van der Waals surface area contributed by atoms with Crippen LogP contribution >= 0.6 is 23.2 Å². The van der Waals surface area contributed by atoms with E-state index in [0.717, 1.165) is 11.3 Å². The summed E-state index contributed by atoms with van der Waals surface area (Å²) in [6, 6.07) is 15.0. The zero-order valence-electron chi connectivity index (χ0n) is 14.1. The van der Waals surface area contributed by atoms with Gasteiger partial charge in [-0.2, -0.15) is 0 Å². The van der Waals surface area contributed by atoms with Crippen LogP contribution in [-0.4, -0.2) is 10.9 Å². The van der Waals surface area contributed by atoms with Crippen molar-refractivity contribution < 1.29 is 4.79 Å². The van der Waals surface area contributed by atoms with Crippen LogP contribution in [-0.2, 0) is 6.54 Å². The molecule has 26 heavy (non-hydrogen) atoms. The summed E-state index contributed by atoms with van der Waals surface area (Å²) in [6.45, 7) is 2.70. The third-order valence-corrected chi connectivity index (χ3v) is 4.41. The highest BCUT2D eigenvalue weighted by molar-refractivity contribution is 6.40. The second kappa shape index (κ2) is 8.21. The first-order chi connectivity index (χ1) is 12.5. The minimum Gasteiger partial charge on any atom is -0.380 e. The predicted molar refractivity (Wildman–Crippen MR) is 107 cm³/mol. The minimum absolute atomic E-state index is 0.327. The first-order valence-electron chi connectivity index (χ1n) is 8.03. The molecule has 132 valence electrons. The summed E-state index contributed by atoms with van der Waals surface area (Å²) in [5.74, 6) is -0.327. The van der Waals surface area contributed by atoms with Crippen molar-refractivity contribution in [1.82, 2.24) is 4.98 Å². The third-order valence-electron chi connectivity index (χ3n) is 3.78. The number of anilines is 2. The highest BCUT2D eigenvalue weighted by Crippen LogP contribution is 2.30. The van der Waals surface area contributed by atoms with E-state index in [1.165, 1.54) is 11.8 Å². The van der Waals surface area contributed by atoms with Crippen molar-refractivity contribution in [3.63, 3.8) is 0 Å². The van der Waals surface area contributed by atoms with Crippen molar-refractivity contribution >= 4 is 40.5 Å². The smallest absolute Gasteiger partial charge is 0.257 e. The second-order valence-electron chi connectivity index (χ2n) is 5.86. The van der Waals surface area contributed by atoms with E-state index in [1.54, 1.807) is 30.5 Å². The highest BCUT2D eigenvalue weighted by atomic mass is 35.5. The number of carbonyl (C=O) groups excluding carboxylic acids is 1. The van der Waals surface area contributed by atoms with Crippen molar-refractivity contribution in [3.8, 4) is 0 Å². The predicted octanol–water partition coefficient (Wildman–Crippen LogP) is 5.56. The van der Waals surface area contributed by atoms with Crippen molar-refractivity contribution in [1.29, 1.82) is 0 Å². The molecule has 0 spiro atoms. The number of benzene rings is 2. The lowest BCUT2D eigenvalue weighted by molar-refractivity contribution is 0.102. The Balaban J connectivity index is 1.71. The molecule has 0 bridgehead atoms. The lowest BCUT2D eigenvalue weighted by Crippen LogP contribution is -2.13. The fourth-order valence-electron chi connectivity index (χ4n) is 2.49. The van der Waals surface area contributed by atoms with Gasteiger partial charge in [-0.05, 0) is 30.7 Å². The van der Waals surface area contributed by atoms with Gasteiger partial charge >= 0.3 is 0 Å². The van der Waals surface area contributed by atoms with Crippen LogP contribution in [0.15, 0.2) is 60.9 Å². The van der Waals surface area contributed by atoms with E-state index in [1.807, 2.05) is 12.1 Å². The van der Waals surface area contributed by atoms with Gasteiger partial charge in [0.1, 0.15) is 0 Å². The number of para-hydroxylation sites is 1. The van der Waals surface area contributed by atoms with Crippen molar-refractivity contribution in [2.24, 2.45) is 0 Å². The zero-order valence-corrected chi connectivity index (χ0v) is 15.6. The van der Waals surface area contributed by atoms with Crippen LogP contribution in [0.3, 0.4) is 0 Å². The quantitative estimate of drug-likeness (QED) is 0.604. The summed E-state index contributed by atoms with van der Waals surface area (Å²) >= 11 is 12.2. The largest absolute Gasteiger partial charge is 0.380 e. The fourth-order valence-corrected chi connectivity index (χ4v) is 2.98. The van der Waals surface area contributed by atoms with Crippen LogP contribution in [0.4, 0.5) is 11.4 Å². The molecule has 2 N–H and O–H groups in total. The number of amides is 1. The molecule has 0 atom stereocenters. The van der Waals surface area contributed by atoms with Crippen LogP contribution in [0, 0.1) is 6.92 Å². The standard InChI is InChI=1S/C20H17Cl2N3O/c1-13-4-2-5-14(8-13)10-24-16-9-15(11-23-12-16)20(26)25-19-17(21)6-3-7-18(19)22/h2-9,11-12,24H,10H2,1H3,(H,25,26). The van der Waals surface area contributed by atoms with Crippen LogP contribution in [0.2, 0.25) is 10.0 Å².